The molecular weight excluding hydrogens is 554 g/mol. The summed E-state index contributed by atoms with van der Waals surface area (Å²) >= 11 is -0.297. The standard InChI is InChI=1S/C24H25F4N9O2S/c1-29-21(38)13-9-30-23(31-10-13)32-11-19-34-20(35-39-19)14-8-18-17(33-16-5-7-36(2)12-15(16)25)4-3-6-37(18)22(14)40-24(26,27)28/h3-4,6,8-10,15-16,33H,5,7,11-12H2,1-2H3,(H,29,38)(H,30,31,32)/t15-,16+/m0/s1. The van der Waals surface area contributed by atoms with Crippen LogP contribution in [-0.2, 0) is 6.54 Å². The van der Waals surface area contributed by atoms with Gasteiger partial charge in [0.05, 0.1) is 39.9 Å². The van der Waals surface area contributed by atoms with Crippen LogP contribution in [0.4, 0.5) is 29.2 Å². The number of alkyl halides is 4. The van der Waals surface area contributed by atoms with Crippen LogP contribution in [0.25, 0.3) is 16.9 Å². The van der Waals surface area contributed by atoms with E-state index in [0.717, 1.165) is 0 Å². The smallest absolute Gasteiger partial charge is 0.378 e. The van der Waals surface area contributed by atoms with E-state index in [0.29, 0.717) is 24.2 Å². The first-order chi connectivity index (χ1) is 19.1. The Labute approximate surface area is 229 Å². The summed E-state index contributed by atoms with van der Waals surface area (Å²) in [6.45, 7) is 0.957. The molecule has 0 saturated carbocycles. The summed E-state index contributed by atoms with van der Waals surface area (Å²) in [6.07, 6.45) is 3.60. The molecule has 0 spiro atoms. The van der Waals surface area contributed by atoms with Crippen molar-refractivity contribution in [2.75, 3.05) is 37.8 Å². The zero-order chi connectivity index (χ0) is 28.4. The molecular formula is C24H25F4N9O2S. The van der Waals surface area contributed by atoms with Crippen molar-refractivity contribution in [1.82, 2.24) is 34.7 Å². The summed E-state index contributed by atoms with van der Waals surface area (Å²) in [5.41, 5.74) is -3.29. The minimum absolute atomic E-state index is 0.0116. The maximum absolute atomic E-state index is 14.7. The molecule has 212 valence electrons. The Hall–Kier alpha value is -3.92. The molecule has 1 fully saturated rings. The molecule has 3 N–H and O–H groups in total. The van der Waals surface area contributed by atoms with E-state index in [9.17, 15) is 22.4 Å². The summed E-state index contributed by atoms with van der Waals surface area (Å²) in [5.74, 6) is -0.116. The number of rotatable bonds is 8. The highest BCUT2D eigenvalue weighted by molar-refractivity contribution is 8.00. The summed E-state index contributed by atoms with van der Waals surface area (Å²) < 4.78 is 62.1. The van der Waals surface area contributed by atoms with E-state index in [2.05, 4.69) is 36.1 Å². The monoisotopic (exact) mass is 579 g/mol. The molecule has 1 aliphatic rings. The van der Waals surface area contributed by atoms with Gasteiger partial charge in [0, 0.05) is 50.5 Å². The van der Waals surface area contributed by atoms with E-state index < -0.39 is 17.7 Å². The predicted molar refractivity (Wildman–Crippen MR) is 140 cm³/mol. The van der Waals surface area contributed by atoms with Crippen LogP contribution in [-0.4, -0.2) is 80.2 Å². The van der Waals surface area contributed by atoms with Crippen molar-refractivity contribution in [3.05, 3.63) is 48.2 Å². The molecule has 11 nitrogen and oxygen atoms in total. The molecule has 0 bridgehead atoms. The van der Waals surface area contributed by atoms with Crippen molar-refractivity contribution in [3.63, 3.8) is 0 Å². The Balaban J connectivity index is 1.41. The number of anilines is 2. The van der Waals surface area contributed by atoms with Crippen molar-refractivity contribution < 1.29 is 26.9 Å². The first kappa shape index (κ1) is 27.6. The number of nitrogens with one attached hydrogen (secondary N) is 3. The quantitative estimate of drug-likeness (QED) is 0.210. The van der Waals surface area contributed by atoms with Crippen LogP contribution in [0.1, 0.15) is 22.7 Å². The maximum Gasteiger partial charge on any atom is 0.447 e. The van der Waals surface area contributed by atoms with Crippen LogP contribution in [0.5, 0.6) is 0 Å². The molecule has 40 heavy (non-hydrogen) atoms. The van der Waals surface area contributed by atoms with Crippen molar-refractivity contribution in [2.24, 2.45) is 0 Å². The zero-order valence-electron chi connectivity index (χ0n) is 21.4. The fraction of sp³-hybridized carbons (Fsp3) is 0.375. The van der Waals surface area contributed by atoms with Gasteiger partial charge >= 0.3 is 5.51 Å². The highest BCUT2D eigenvalue weighted by atomic mass is 32.2. The van der Waals surface area contributed by atoms with Crippen LogP contribution in [0.15, 0.2) is 46.3 Å². The third kappa shape index (κ3) is 6.12. The van der Waals surface area contributed by atoms with E-state index in [4.69, 9.17) is 4.52 Å². The van der Waals surface area contributed by atoms with Crippen molar-refractivity contribution in [3.8, 4) is 11.4 Å². The number of carbonyl (C=O) groups is 1. The molecule has 1 aliphatic heterocycles. The molecule has 16 heteroatoms. The van der Waals surface area contributed by atoms with Gasteiger partial charge in [0.25, 0.3) is 5.91 Å². The highest BCUT2D eigenvalue weighted by Crippen LogP contribution is 2.43. The first-order valence-corrected chi connectivity index (χ1v) is 13.0. The molecule has 2 atom stereocenters. The second kappa shape index (κ2) is 11.3. The van der Waals surface area contributed by atoms with Gasteiger partial charge in [-0.25, -0.2) is 14.4 Å². The number of hydrogen-bond acceptors (Lipinski definition) is 10. The lowest BCUT2D eigenvalue weighted by molar-refractivity contribution is -0.0329. The SMILES string of the molecule is CNC(=O)c1cnc(NCc2nc(-c3cc4c(N[C@@H]5CCN(C)C[C@@H]5F)cccn4c3SC(F)(F)F)no2)nc1. The number of carbonyl (C=O) groups excluding carboxylic acids is 1. The number of piperidine rings is 1. The molecule has 1 saturated heterocycles. The van der Waals surface area contributed by atoms with Crippen molar-refractivity contribution >= 4 is 34.8 Å². The minimum Gasteiger partial charge on any atom is -0.378 e. The van der Waals surface area contributed by atoms with Crippen LogP contribution in [0.2, 0.25) is 0 Å². The largest absolute Gasteiger partial charge is 0.447 e. The molecule has 0 aliphatic carbocycles. The number of pyridine rings is 1. The Morgan fingerprint density at radius 3 is 2.75 bits per heavy atom. The first-order valence-electron chi connectivity index (χ1n) is 12.2. The van der Waals surface area contributed by atoms with Gasteiger partial charge in [-0.15, -0.1) is 0 Å². The molecule has 1 amide bonds. The Morgan fingerprint density at radius 1 is 1.27 bits per heavy atom. The number of nitrogens with zero attached hydrogens (tertiary/aromatic N) is 6. The molecule has 5 rings (SSSR count). The summed E-state index contributed by atoms with van der Waals surface area (Å²) in [4.78, 5) is 25.9. The number of aromatic nitrogens is 5. The van der Waals surface area contributed by atoms with Crippen LogP contribution in [0.3, 0.4) is 0 Å². The molecule has 0 unspecified atom stereocenters. The predicted octanol–water partition coefficient (Wildman–Crippen LogP) is 3.82. The summed E-state index contributed by atoms with van der Waals surface area (Å²) in [7, 11) is 3.33. The van der Waals surface area contributed by atoms with Gasteiger partial charge in [-0.1, -0.05) is 5.16 Å². The summed E-state index contributed by atoms with van der Waals surface area (Å²) in [6, 6.07) is 4.35. The van der Waals surface area contributed by atoms with Gasteiger partial charge in [0.15, 0.2) is 0 Å². The third-order valence-corrected chi connectivity index (χ3v) is 7.15. The zero-order valence-corrected chi connectivity index (χ0v) is 22.2. The Kier molecular flexibility index (Phi) is 7.80. The lowest BCUT2D eigenvalue weighted by Crippen LogP contribution is -2.46. The van der Waals surface area contributed by atoms with Crippen molar-refractivity contribution in [1.29, 1.82) is 0 Å². The number of fused-ring (bicyclic) bond motifs is 1. The van der Waals surface area contributed by atoms with E-state index in [1.807, 2.05) is 11.9 Å². The molecule has 0 radical (unpaired) electrons. The van der Waals surface area contributed by atoms with E-state index in [-0.39, 0.29) is 64.6 Å². The van der Waals surface area contributed by atoms with Crippen LogP contribution >= 0.6 is 11.8 Å². The normalized spacial score (nSPS) is 18.1. The lowest BCUT2D eigenvalue weighted by atomic mass is 10.0. The second-order valence-electron chi connectivity index (χ2n) is 9.15. The second-order valence-corrected chi connectivity index (χ2v) is 10.2. The highest BCUT2D eigenvalue weighted by Gasteiger charge is 2.34. The number of likely N-dealkylation sites (tertiary alicyclic amines) is 1. The Morgan fingerprint density at radius 2 is 2.05 bits per heavy atom. The average Bonchev–Trinajstić information content (AvgIpc) is 3.53. The lowest BCUT2D eigenvalue weighted by Gasteiger charge is -2.33. The van der Waals surface area contributed by atoms with Gasteiger partial charge in [-0.2, -0.15) is 18.2 Å². The van der Waals surface area contributed by atoms with Gasteiger partial charge in [0.2, 0.25) is 17.7 Å². The van der Waals surface area contributed by atoms with Gasteiger partial charge in [-0.3, -0.25) is 4.79 Å². The summed E-state index contributed by atoms with van der Waals surface area (Å²) in [5, 5.41) is 12.3. The minimum atomic E-state index is -4.59. The number of halogens is 4. The van der Waals surface area contributed by atoms with Crippen molar-refractivity contribution in [2.45, 2.75) is 35.7 Å². The topological polar surface area (TPSA) is 126 Å². The number of amides is 1. The van der Waals surface area contributed by atoms with Gasteiger partial charge in [-0.05, 0) is 31.7 Å². The average molecular weight is 580 g/mol. The fourth-order valence-electron chi connectivity index (χ4n) is 4.36. The van der Waals surface area contributed by atoms with Crippen LogP contribution in [0, 0.1) is 0 Å². The third-order valence-electron chi connectivity index (χ3n) is 6.31. The molecule has 0 aromatic carbocycles. The van der Waals surface area contributed by atoms with Crippen LogP contribution < -0.4 is 16.0 Å². The number of thioether (sulfide) groups is 1. The fourth-order valence-corrected chi connectivity index (χ4v) is 5.10. The van der Waals surface area contributed by atoms with E-state index in [1.165, 1.54) is 36.1 Å². The maximum atomic E-state index is 14.7. The molecule has 4 aromatic rings. The van der Waals surface area contributed by atoms with Gasteiger partial charge < -0.3 is 29.8 Å². The molecule has 5 heterocycles. The van der Waals surface area contributed by atoms with Gasteiger partial charge in [0.1, 0.15) is 6.17 Å². The van der Waals surface area contributed by atoms with E-state index >= 15 is 0 Å². The van der Waals surface area contributed by atoms with E-state index in [1.54, 1.807) is 12.1 Å². The number of hydrogen-bond donors (Lipinski definition) is 3. The molecule has 4 aromatic heterocycles. The Bertz CT molecular complexity index is 1490.